The first-order chi connectivity index (χ1) is 11.0. The van der Waals surface area contributed by atoms with Gasteiger partial charge in [-0.2, -0.15) is 5.10 Å². The van der Waals surface area contributed by atoms with Crippen LogP contribution in [0.15, 0.2) is 30.3 Å². The van der Waals surface area contributed by atoms with Gasteiger partial charge in [-0.15, -0.1) is 0 Å². The lowest BCUT2D eigenvalue weighted by molar-refractivity contribution is -0.129. The summed E-state index contributed by atoms with van der Waals surface area (Å²) in [5.41, 5.74) is 2.82. The molecule has 2 atom stereocenters. The van der Waals surface area contributed by atoms with Crippen molar-refractivity contribution in [3.05, 3.63) is 52.3 Å². The predicted molar refractivity (Wildman–Crippen MR) is 88.3 cm³/mol. The van der Waals surface area contributed by atoms with E-state index in [9.17, 15) is 9.90 Å². The molecule has 2 heterocycles. The molecule has 23 heavy (non-hydrogen) atoms. The van der Waals surface area contributed by atoms with Crippen LogP contribution in [0.1, 0.15) is 17.0 Å². The molecule has 122 valence electrons. The number of rotatable bonds is 4. The molecule has 0 saturated carbocycles. The molecule has 1 fully saturated rings. The Labute approximate surface area is 140 Å². The zero-order valence-electron chi connectivity index (χ0n) is 13.0. The molecule has 1 aliphatic heterocycles. The second kappa shape index (κ2) is 6.72. The molecule has 2 aromatic rings. The van der Waals surface area contributed by atoms with Gasteiger partial charge in [0.1, 0.15) is 0 Å². The van der Waals surface area contributed by atoms with E-state index in [4.69, 9.17) is 11.6 Å². The van der Waals surface area contributed by atoms with E-state index < -0.39 is 6.10 Å². The number of nitrogens with one attached hydrogen (secondary N) is 1. The molecule has 1 saturated heterocycles. The van der Waals surface area contributed by atoms with Crippen molar-refractivity contribution in [3.63, 3.8) is 0 Å². The van der Waals surface area contributed by atoms with Gasteiger partial charge in [0, 0.05) is 29.7 Å². The number of hydrogen-bond donors (Lipinski definition) is 2. The number of aryl methyl sites for hydroxylation is 1. The first-order valence-electron chi connectivity index (χ1n) is 7.72. The van der Waals surface area contributed by atoms with E-state index in [0.717, 1.165) is 17.0 Å². The summed E-state index contributed by atoms with van der Waals surface area (Å²) in [7, 11) is 0. The topological polar surface area (TPSA) is 69.2 Å². The molecular formula is C17H20ClN3O2. The number of H-pyrrole nitrogens is 1. The summed E-state index contributed by atoms with van der Waals surface area (Å²) in [5, 5.41) is 18.0. The average Bonchev–Trinajstić information content (AvgIpc) is 3.06. The lowest BCUT2D eigenvalue weighted by Crippen LogP contribution is -2.31. The van der Waals surface area contributed by atoms with Crippen LogP contribution >= 0.6 is 11.6 Å². The van der Waals surface area contributed by atoms with Crippen molar-refractivity contribution >= 4 is 17.5 Å². The minimum Gasteiger partial charge on any atom is -0.391 e. The second-order valence-corrected chi connectivity index (χ2v) is 6.62. The van der Waals surface area contributed by atoms with E-state index in [-0.39, 0.29) is 11.8 Å². The Morgan fingerprint density at radius 1 is 1.43 bits per heavy atom. The highest BCUT2D eigenvalue weighted by Gasteiger charge is 2.34. The van der Waals surface area contributed by atoms with E-state index in [1.807, 2.05) is 25.1 Å². The fourth-order valence-corrected chi connectivity index (χ4v) is 3.25. The van der Waals surface area contributed by atoms with Crippen LogP contribution in [0.5, 0.6) is 0 Å². The van der Waals surface area contributed by atoms with Crippen LogP contribution in [-0.4, -0.2) is 45.3 Å². The number of hydrogen-bond acceptors (Lipinski definition) is 3. The zero-order chi connectivity index (χ0) is 16.4. The van der Waals surface area contributed by atoms with Crippen molar-refractivity contribution in [3.8, 4) is 0 Å². The maximum Gasteiger partial charge on any atom is 0.227 e. The minimum atomic E-state index is -0.504. The first kappa shape index (κ1) is 16.0. The molecular weight excluding hydrogens is 314 g/mol. The van der Waals surface area contributed by atoms with Gasteiger partial charge in [0.25, 0.3) is 0 Å². The number of halogens is 1. The number of amides is 1. The van der Waals surface area contributed by atoms with Crippen molar-refractivity contribution < 1.29 is 9.90 Å². The van der Waals surface area contributed by atoms with Crippen LogP contribution < -0.4 is 0 Å². The maximum absolute atomic E-state index is 12.4. The van der Waals surface area contributed by atoms with E-state index >= 15 is 0 Å². The third kappa shape index (κ3) is 3.92. The number of carbonyl (C=O) groups is 1. The lowest BCUT2D eigenvalue weighted by atomic mass is 10.0. The Morgan fingerprint density at radius 2 is 2.26 bits per heavy atom. The molecule has 6 heteroatoms. The van der Waals surface area contributed by atoms with Crippen LogP contribution in [0.2, 0.25) is 5.02 Å². The number of aromatic nitrogens is 2. The quantitative estimate of drug-likeness (QED) is 0.899. The van der Waals surface area contributed by atoms with Crippen LogP contribution in [0.3, 0.4) is 0 Å². The van der Waals surface area contributed by atoms with Gasteiger partial charge in [-0.1, -0.05) is 23.7 Å². The lowest BCUT2D eigenvalue weighted by Gasteiger charge is -2.16. The Kier molecular flexibility index (Phi) is 4.68. The van der Waals surface area contributed by atoms with Crippen molar-refractivity contribution in [1.82, 2.24) is 15.1 Å². The summed E-state index contributed by atoms with van der Waals surface area (Å²) in [6.07, 6.45) is 0.476. The van der Waals surface area contributed by atoms with Crippen LogP contribution in [-0.2, 0) is 17.6 Å². The van der Waals surface area contributed by atoms with Crippen molar-refractivity contribution in [2.75, 3.05) is 13.1 Å². The van der Waals surface area contributed by atoms with E-state index in [1.165, 1.54) is 0 Å². The molecule has 0 bridgehead atoms. The number of aliphatic hydroxyl groups excluding tert-OH is 1. The first-order valence-corrected chi connectivity index (χ1v) is 8.10. The molecule has 1 amide bonds. The predicted octanol–water partition coefficient (Wildman–Crippen LogP) is 1.98. The average molecular weight is 334 g/mol. The largest absolute Gasteiger partial charge is 0.391 e. The number of aliphatic hydroxyl groups is 1. The number of carbonyl (C=O) groups excluding carboxylic acids is 1. The van der Waals surface area contributed by atoms with Gasteiger partial charge < -0.3 is 10.0 Å². The van der Waals surface area contributed by atoms with Crippen LogP contribution in [0.25, 0.3) is 0 Å². The molecule has 3 rings (SSSR count). The van der Waals surface area contributed by atoms with Crippen LogP contribution in [0, 0.1) is 12.8 Å². The summed E-state index contributed by atoms with van der Waals surface area (Å²) in [6, 6.07) is 9.29. The van der Waals surface area contributed by atoms with Gasteiger partial charge in [-0.25, -0.2) is 0 Å². The molecule has 1 aromatic carbocycles. The highest BCUT2D eigenvalue weighted by molar-refractivity contribution is 6.30. The Bertz CT molecular complexity index is 701. The number of β-amino-alcohol motifs (C(OH)–C–C–N with tert-alkyl or cyclic N) is 1. The van der Waals surface area contributed by atoms with Crippen molar-refractivity contribution in [1.29, 1.82) is 0 Å². The smallest absolute Gasteiger partial charge is 0.227 e. The van der Waals surface area contributed by atoms with E-state index in [1.54, 1.807) is 17.0 Å². The van der Waals surface area contributed by atoms with Gasteiger partial charge in [0.15, 0.2) is 0 Å². The number of aromatic amines is 1. The number of nitrogens with zero attached hydrogens (tertiary/aromatic N) is 2. The molecule has 1 aromatic heterocycles. The fraction of sp³-hybridized carbons (Fsp3) is 0.412. The van der Waals surface area contributed by atoms with Crippen molar-refractivity contribution in [2.24, 2.45) is 5.92 Å². The maximum atomic E-state index is 12.4. The van der Waals surface area contributed by atoms with Gasteiger partial charge in [0.05, 0.1) is 18.2 Å². The summed E-state index contributed by atoms with van der Waals surface area (Å²) in [5.74, 6) is 0.0491. The van der Waals surface area contributed by atoms with E-state index in [0.29, 0.717) is 31.0 Å². The molecule has 0 spiro atoms. The summed E-state index contributed by atoms with van der Waals surface area (Å²) in [4.78, 5) is 14.2. The molecule has 5 nitrogen and oxygen atoms in total. The summed E-state index contributed by atoms with van der Waals surface area (Å²) >= 11 is 5.95. The monoisotopic (exact) mass is 333 g/mol. The zero-order valence-corrected chi connectivity index (χ0v) is 13.8. The minimum absolute atomic E-state index is 0.0204. The van der Waals surface area contributed by atoms with Gasteiger partial charge >= 0.3 is 0 Å². The normalized spacial score (nSPS) is 20.9. The number of likely N-dealkylation sites (tertiary alicyclic amines) is 1. The van der Waals surface area contributed by atoms with Gasteiger partial charge in [-0.3, -0.25) is 9.89 Å². The highest BCUT2D eigenvalue weighted by Crippen LogP contribution is 2.22. The molecule has 0 radical (unpaired) electrons. The second-order valence-electron chi connectivity index (χ2n) is 6.18. The molecule has 2 N–H and O–H groups in total. The molecule has 0 aliphatic carbocycles. The van der Waals surface area contributed by atoms with E-state index in [2.05, 4.69) is 10.2 Å². The third-order valence-electron chi connectivity index (χ3n) is 4.23. The Balaban J connectivity index is 1.60. The molecule has 1 aliphatic rings. The summed E-state index contributed by atoms with van der Waals surface area (Å²) in [6.45, 7) is 2.89. The standard InChI is InChI=1S/C17H20ClN3O2/c1-11-5-15(20-19-11)8-13-9-21(10-16(13)22)17(23)7-12-3-2-4-14(18)6-12/h2-6,13,16,22H,7-10H2,1H3,(H,19,20). The Hall–Kier alpha value is -1.85. The van der Waals surface area contributed by atoms with Crippen LogP contribution in [0.4, 0.5) is 0 Å². The molecule has 2 unspecified atom stereocenters. The summed E-state index contributed by atoms with van der Waals surface area (Å²) < 4.78 is 0. The van der Waals surface area contributed by atoms with Gasteiger partial charge in [-0.05, 0) is 37.1 Å². The van der Waals surface area contributed by atoms with Crippen molar-refractivity contribution in [2.45, 2.75) is 25.9 Å². The fourth-order valence-electron chi connectivity index (χ4n) is 3.04. The van der Waals surface area contributed by atoms with Gasteiger partial charge in [0.2, 0.25) is 5.91 Å². The Morgan fingerprint density at radius 3 is 2.96 bits per heavy atom. The SMILES string of the molecule is Cc1cc(CC2CN(C(=O)Cc3cccc(Cl)c3)CC2O)n[nH]1. The highest BCUT2D eigenvalue weighted by atomic mass is 35.5. The number of benzene rings is 1. The third-order valence-corrected chi connectivity index (χ3v) is 4.47.